The number of aliphatic carboxylic acids is 1. The lowest BCUT2D eigenvalue weighted by Crippen LogP contribution is -3.14. The van der Waals surface area contributed by atoms with E-state index < -0.39 is 12.0 Å². The minimum absolute atomic E-state index is 0.0977. The summed E-state index contributed by atoms with van der Waals surface area (Å²) in [6, 6.07) is 3.13. The van der Waals surface area contributed by atoms with Crippen LogP contribution < -0.4 is 20.6 Å². The fraction of sp³-hybridized carbons (Fsp3) is 0.600. The van der Waals surface area contributed by atoms with Crippen molar-refractivity contribution in [2.75, 3.05) is 44.7 Å². The van der Waals surface area contributed by atoms with E-state index >= 15 is 0 Å². The van der Waals surface area contributed by atoms with Gasteiger partial charge in [0, 0.05) is 12.1 Å². The summed E-state index contributed by atoms with van der Waals surface area (Å²) in [6.45, 7) is 11.1. The molecule has 0 spiro atoms. The van der Waals surface area contributed by atoms with Gasteiger partial charge in [0.25, 0.3) is 0 Å². The molecule has 1 aromatic carbocycles. The smallest absolute Gasteiger partial charge is 0.230 e. The molecule has 1 aliphatic heterocycles. The van der Waals surface area contributed by atoms with Crippen molar-refractivity contribution >= 4 is 17.6 Å². The Bertz CT molecular complexity index is 634. The third-order valence-electron chi connectivity index (χ3n) is 5.04. The average molecular weight is 378 g/mol. The molecule has 7 nitrogen and oxygen atoms in total. The molecule has 0 radical (unpaired) electrons. The predicted molar refractivity (Wildman–Crippen MR) is 100 cm³/mol. The van der Waals surface area contributed by atoms with E-state index in [1.54, 1.807) is 5.32 Å². The average Bonchev–Trinajstić information content (AvgIpc) is 2.61. The molecule has 0 saturated carbocycles. The fourth-order valence-corrected chi connectivity index (χ4v) is 3.61. The van der Waals surface area contributed by atoms with Crippen molar-refractivity contribution in [2.24, 2.45) is 0 Å². The number of amides is 1. The Morgan fingerprint density at radius 3 is 2.44 bits per heavy atom. The molecule has 1 atom stereocenters. The minimum Gasteiger partial charge on any atom is -0.544 e. The number of anilines is 1. The molecule has 7 heteroatoms. The first-order valence-electron chi connectivity index (χ1n) is 9.70. The molecule has 1 fully saturated rings. The van der Waals surface area contributed by atoms with Gasteiger partial charge in [0.1, 0.15) is 19.1 Å². The Morgan fingerprint density at radius 2 is 1.85 bits per heavy atom. The first kappa shape index (κ1) is 21.3. The highest BCUT2D eigenvalue weighted by Gasteiger charge is 2.20. The first-order valence-corrected chi connectivity index (χ1v) is 9.70. The fourth-order valence-electron chi connectivity index (χ4n) is 3.61. The number of nitrogens with two attached hydrogens (primary N) is 1. The van der Waals surface area contributed by atoms with Gasteiger partial charge in [0.2, 0.25) is 5.91 Å². The summed E-state index contributed by atoms with van der Waals surface area (Å²) in [5.41, 5.74) is 3.84. The predicted octanol–water partition coefficient (Wildman–Crippen LogP) is -2.07. The number of rotatable bonds is 9. The Morgan fingerprint density at radius 1 is 1.22 bits per heavy atom. The summed E-state index contributed by atoms with van der Waals surface area (Å²) in [5, 5.41) is 16.0. The molecule has 0 bridgehead atoms. The van der Waals surface area contributed by atoms with Gasteiger partial charge >= 0.3 is 0 Å². The molecule has 1 saturated heterocycles. The number of carboxylic acid groups (broad SMARTS) is 1. The molecule has 0 unspecified atom stereocenters. The zero-order valence-electron chi connectivity index (χ0n) is 16.6. The van der Waals surface area contributed by atoms with Crippen LogP contribution in [-0.4, -0.2) is 57.3 Å². The maximum absolute atomic E-state index is 12.4. The number of carbonyl (C=O) groups is 2. The van der Waals surface area contributed by atoms with E-state index in [-0.39, 0.29) is 12.3 Å². The summed E-state index contributed by atoms with van der Waals surface area (Å²) >= 11 is 0. The normalized spacial score (nSPS) is 16.1. The minimum atomic E-state index is -1.19. The second-order valence-corrected chi connectivity index (χ2v) is 7.44. The summed E-state index contributed by atoms with van der Waals surface area (Å²) in [4.78, 5) is 25.3. The highest BCUT2D eigenvalue weighted by molar-refractivity contribution is 5.94. The monoisotopic (exact) mass is 378 g/mol. The standard InChI is InChI=1S/C20H31N3O4/c1-14-11-15(2)19(16(3)12-14)22-18(24)13-17(20(25)26)21-5-4-6-23-7-9-27-10-8-23/h11-12,17,21H,4-10,13H2,1-3H3,(H,22,24)(H,25,26)/p+1/t17-/m1/s1. The van der Waals surface area contributed by atoms with Crippen LogP contribution in [0.5, 0.6) is 0 Å². The summed E-state index contributed by atoms with van der Waals surface area (Å²) in [7, 11) is 0. The van der Waals surface area contributed by atoms with E-state index in [0.717, 1.165) is 61.6 Å². The Labute approximate surface area is 161 Å². The number of carboxylic acids is 1. The highest BCUT2D eigenvalue weighted by atomic mass is 16.5. The molecule has 1 aromatic rings. The van der Waals surface area contributed by atoms with Gasteiger partial charge < -0.3 is 30.2 Å². The van der Waals surface area contributed by atoms with E-state index in [2.05, 4.69) is 5.32 Å². The Kier molecular flexibility index (Phi) is 8.22. The van der Waals surface area contributed by atoms with Crippen LogP contribution in [0.2, 0.25) is 0 Å². The number of aryl methyl sites for hydroxylation is 3. The van der Waals surface area contributed by atoms with E-state index in [4.69, 9.17) is 4.74 Å². The molecule has 0 aliphatic carbocycles. The zero-order chi connectivity index (χ0) is 19.8. The number of quaternary nitrogens is 2. The van der Waals surface area contributed by atoms with Crippen LogP contribution in [0.4, 0.5) is 5.69 Å². The second-order valence-electron chi connectivity index (χ2n) is 7.44. The number of benzene rings is 1. The second kappa shape index (κ2) is 10.4. The van der Waals surface area contributed by atoms with Gasteiger partial charge in [-0.25, -0.2) is 0 Å². The Hall–Kier alpha value is -1.96. The van der Waals surface area contributed by atoms with Gasteiger partial charge in [-0.15, -0.1) is 0 Å². The van der Waals surface area contributed by atoms with Crippen LogP contribution in [0.15, 0.2) is 12.1 Å². The summed E-state index contributed by atoms with van der Waals surface area (Å²) < 4.78 is 5.33. The third kappa shape index (κ3) is 6.93. The van der Waals surface area contributed by atoms with E-state index in [9.17, 15) is 14.7 Å². The number of hydrogen-bond donors (Lipinski definition) is 3. The molecule has 0 aromatic heterocycles. The maximum atomic E-state index is 12.4. The van der Waals surface area contributed by atoms with Gasteiger partial charge in [-0.3, -0.25) is 4.79 Å². The quantitative estimate of drug-likeness (QED) is 0.430. The van der Waals surface area contributed by atoms with Crippen molar-refractivity contribution in [1.29, 1.82) is 0 Å². The highest BCUT2D eigenvalue weighted by Crippen LogP contribution is 2.22. The number of carbonyl (C=O) groups excluding carboxylic acids is 2. The van der Waals surface area contributed by atoms with Crippen molar-refractivity contribution in [3.63, 3.8) is 0 Å². The van der Waals surface area contributed by atoms with Gasteiger partial charge in [0.05, 0.1) is 38.7 Å². The Balaban J connectivity index is 1.80. The number of ether oxygens (including phenoxy) is 1. The third-order valence-corrected chi connectivity index (χ3v) is 5.04. The lowest BCUT2D eigenvalue weighted by molar-refractivity contribution is -0.909. The van der Waals surface area contributed by atoms with Crippen LogP contribution in [0.1, 0.15) is 29.5 Å². The van der Waals surface area contributed by atoms with Crippen molar-refractivity contribution in [2.45, 2.75) is 39.7 Å². The van der Waals surface area contributed by atoms with Crippen LogP contribution in [0.25, 0.3) is 0 Å². The summed E-state index contributed by atoms with van der Waals surface area (Å²) in [6.07, 6.45) is 0.802. The number of hydrogen-bond acceptors (Lipinski definition) is 4. The molecule has 1 heterocycles. The van der Waals surface area contributed by atoms with Gasteiger partial charge in [-0.05, 0) is 31.9 Å². The van der Waals surface area contributed by atoms with Crippen LogP contribution >= 0.6 is 0 Å². The van der Waals surface area contributed by atoms with Crippen molar-refractivity contribution in [3.8, 4) is 0 Å². The van der Waals surface area contributed by atoms with Crippen LogP contribution in [0, 0.1) is 20.8 Å². The van der Waals surface area contributed by atoms with Crippen LogP contribution in [0.3, 0.4) is 0 Å². The number of morpholine rings is 1. The number of nitrogens with one attached hydrogen (secondary N) is 2. The van der Waals surface area contributed by atoms with E-state index in [0.29, 0.717) is 6.54 Å². The van der Waals surface area contributed by atoms with Gasteiger partial charge in [-0.2, -0.15) is 0 Å². The molecule has 1 aliphatic rings. The maximum Gasteiger partial charge on any atom is 0.230 e. The molecule has 150 valence electrons. The van der Waals surface area contributed by atoms with Crippen molar-refractivity contribution in [3.05, 3.63) is 28.8 Å². The van der Waals surface area contributed by atoms with Gasteiger partial charge in [0.15, 0.2) is 0 Å². The first-order chi connectivity index (χ1) is 12.9. The van der Waals surface area contributed by atoms with Crippen LogP contribution in [-0.2, 0) is 14.3 Å². The molecule has 2 rings (SSSR count). The van der Waals surface area contributed by atoms with Crippen molar-refractivity contribution in [1.82, 2.24) is 0 Å². The molecular weight excluding hydrogens is 346 g/mol. The van der Waals surface area contributed by atoms with Crippen molar-refractivity contribution < 1.29 is 29.6 Å². The lowest BCUT2D eigenvalue weighted by atomic mass is 10.0. The largest absolute Gasteiger partial charge is 0.544 e. The lowest BCUT2D eigenvalue weighted by Gasteiger charge is -2.23. The molecular formula is C20H32N3O4+. The topological polar surface area (TPSA) is 99.5 Å². The van der Waals surface area contributed by atoms with Gasteiger partial charge in [-0.1, -0.05) is 17.7 Å². The SMILES string of the molecule is Cc1cc(C)c(NC(=O)C[C@@H]([NH2+]CCC[NH+]2CCOCC2)C(=O)[O-])c(C)c1. The molecule has 1 amide bonds. The van der Waals surface area contributed by atoms with E-state index in [1.165, 1.54) is 4.90 Å². The zero-order valence-corrected chi connectivity index (χ0v) is 16.6. The summed E-state index contributed by atoms with van der Waals surface area (Å²) in [5.74, 6) is -1.49. The molecule has 4 N–H and O–H groups in total. The molecule has 27 heavy (non-hydrogen) atoms. The van der Waals surface area contributed by atoms with E-state index in [1.807, 2.05) is 32.9 Å².